The number of carbonyl (C=O) groups excluding carboxylic acids is 3. The molecule has 0 spiro atoms. The van der Waals surface area contributed by atoms with Crippen molar-refractivity contribution >= 4 is 39.9 Å². The molecule has 8 heteroatoms. The van der Waals surface area contributed by atoms with Crippen molar-refractivity contribution in [3.05, 3.63) is 45.8 Å². The lowest BCUT2D eigenvalue weighted by molar-refractivity contribution is -0.124. The fourth-order valence-corrected chi connectivity index (χ4v) is 5.04. The summed E-state index contributed by atoms with van der Waals surface area (Å²) >= 11 is 1.40. The van der Waals surface area contributed by atoms with Crippen LogP contribution in [-0.4, -0.2) is 30.6 Å². The first kappa shape index (κ1) is 22.8. The molecule has 0 saturated carbocycles. The number of amides is 1. The first-order valence-corrected chi connectivity index (χ1v) is 11.3. The fourth-order valence-electron chi connectivity index (χ4n) is 3.64. The number of ether oxygens (including phenoxy) is 2. The first-order chi connectivity index (χ1) is 14.8. The molecule has 0 bridgehead atoms. The minimum absolute atomic E-state index is 0.253. The molecule has 1 aliphatic carbocycles. The SMILES string of the molecule is CCOC(=O)c1c(NC(=O)C(CC)OC(=O)c2cccc(N)c2)sc2c1CCC(C)C2. The van der Waals surface area contributed by atoms with E-state index in [0.717, 1.165) is 29.7 Å². The Morgan fingerprint density at radius 3 is 2.71 bits per heavy atom. The van der Waals surface area contributed by atoms with Gasteiger partial charge in [0.2, 0.25) is 0 Å². The third kappa shape index (κ3) is 5.25. The Balaban J connectivity index is 1.80. The standard InChI is InChI=1S/C23H28N2O5S/c1-4-17(30-22(27)14-7-6-8-15(24)12-14)20(26)25-21-19(23(28)29-5-2)16-10-9-13(3)11-18(16)31-21/h6-8,12-13,17H,4-5,9-11,24H2,1-3H3,(H,25,26). The van der Waals surface area contributed by atoms with Gasteiger partial charge in [-0.3, -0.25) is 4.79 Å². The van der Waals surface area contributed by atoms with Gasteiger partial charge in [0.05, 0.1) is 17.7 Å². The van der Waals surface area contributed by atoms with Crippen LogP contribution in [0.15, 0.2) is 24.3 Å². The number of nitrogens with two attached hydrogens (primary N) is 1. The van der Waals surface area contributed by atoms with Gasteiger partial charge in [-0.1, -0.05) is 19.9 Å². The zero-order valence-electron chi connectivity index (χ0n) is 18.0. The predicted octanol–water partition coefficient (Wildman–Crippen LogP) is 4.21. The number of nitrogens with one attached hydrogen (secondary N) is 1. The van der Waals surface area contributed by atoms with Gasteiger partial charge in [0.15, 0.2) is 6.10 Å². The molecule has 0 radical (unpaired) electrons. The fraction of sp³-hybridized carbons (Fsp3) is 0.435. The zero-order chi connectivity index (χ0) is 22.5. The highest BCUT2D eigenvalue weighted by Crippen LogP contribution is 2.40. The Kier molecular flexibility index (Phi) is 7.33. The summed E-state index contributed by atoms with van der Waals surface area (Å²) < 4.78 is 10.7. The number of benzene rings is 1. The molecule has 3 N–H and O–H groups in total. The second kappa shape index (κ2) is 9.96. The summed E-state index contributed by atoms with van der Waals surface area (Å²) in [6.45, 7) is 5.93. The molecule has 2 unspecified atom stereocenters. The van der Waals surface area contributed by atoms with E-state index in [1.807, 2.05) is 0 Å². The maximum absolute atomic E-state index is 12.9. The lowest BCUT2D eigenvalue weighted by atomic mass is 9.88. The van der Waals surface area contributed by atoms with Gasteiger partial charge in [0.25, 0.3) is 5.91 Å². The van der Waals surface area contributed by atoms with Gasteiger partial charge in [-0.15, -0.1) is 11.3 Å². The number of carbonyl (C=O) groups is 3. The third-order valence-corrected chi connectivity index (χ3v) is 6.43. The topological polar surface area (TPSA) is 108 Å². The number of rotatable bonds is 7. The highest BCUT2D eigenvalue weighted by atomic mass is 32.1. The van der Waals surface area contributed by atoms with E-state index in [1.165, 1.54) is 17.4 Å². The lowest BCUT2D eigenvalue weighted by Gasteiger charge is -2.18. The van der Waals surface area contributed by atoms with E-state index >= 15 is 0 Å². The second-order valence-electron chi connectivity index (χ2n) is 7.69. The van der Waals surface area contributed by atoms with E-state index in [1.54, 1.807) is 32.0 Å². The van der Waals surface area contributed by atoms with Crippen LogP contribution in [0.5, 0.6) is 0 Å². The molecule has 0 fully saturated rings. The quantitative estimate of drug-likeness (QED) is 0.489. The maximum atomic E-state index is 12.9. The number of hydrogen-bond donors (Lipinski definition) is 2. The Hall–Kier alpha value is -2.87. The van der Waals surface area contributed by atoms with Crippen LogP contribution >= 0.6 is 11.3 Å². The molecular weight excluding hydrogens is 416 g/mol. The normalized spacial score (nSPS) is 16.2. The smallest absolute Gasteiger partial charge is 0.341 e. The minimum atomic E-state index is -0.998. The molecule has 2 atom stereocenters. The van der Waals surface area contributed by atoms with E-state index in [4.69, 9.17) is 15.2 Å². The van der Waals surface area contributed by atoms with E-state index < -0.39 is 23.9 Å². The van der Waals surface area contributed by atoms with E-state index in [0.29, 0.717) is 22.2 Å². The van der Waals surface area contributed by atoms with Crippen molar-refractivity contribution in [1.82, 2.24) is 0 Å². The molecule has 7 nitrogen and oxygen atoms in total. The van der Waals surface area contributed by atoms with Crippen LogP contribution in [0.2, 0.25) is 0 Å². The number of esters is 2. The van der Waals surface area contributed by atoms with Crippen molar-refractivity contribution < 1.29 is 23.9 Å². The van der Waals surface area contributed by atoms with Crippen molar-refractivity contribution in [2.24, 2.45) is 5.92 Å². The average molecular weight is 445 g/mol. The Bertz CT molecular complexity index is 984. The van der Waals surface area contributed by atoms with E-state index in [9.17, 15) is 14.4 Å². The molecule has 31 heavy (non-hydrogen) atoms. The van der Waals surface area contributed by atoms with Gasteiger partial charge in [-0.2, -0.15) is 0 Å². The van der Waals surface area contributed by atoms with Crippen molar-refractivity contribution in [2.45, 2.75) is 52.6 Å². The van der Waals surface area contributed by atoms with Crippen molar-refractivity contribution in [3.8, 4) is 0 Å². The number of fused-ring (bicyclic) bond motifs is 1. The molecule has 1 amide bonds. The number of thiophene rings is 1. The predicted molar refractivity (Wildman–Crippen MR) is 120 cm³/mol. The minimum Gasteiger partial charge on any atom is -0.462 e. The van der Waals surface area contributed by atoms with Gasteiger partial charge in [-0.05, 0) is 62.3 Å². The highest BCUT2D eigenvalue weighted by molar-refractivity contribution is 7.17. The highest BCUT2D eigenvalue weighted by Gasteiger charge is 2.31. The van der Waals surface area contributed by atoms with Gasteiger partial charge in [0.1, 0.15) is 5.00 Å². The van der Waals surface area contributed by atoms with Crippen LogP contribution in [0.1, 0.15) is 64.8 Å². The van der Waals surface area contributed by atoms with E-state index in [2.05, 4.69) is 12.2 Å². The molecule has 1 aromatic carbocycles. The Morgan fingerprint density at radius 2 is 2.03 bits per heavy atom. The van der Waals surface area contributed by atoms with Crippen molar-refractivity contribution in [3.63, 3.8) is 0 Å². The van der Waals surface area contributed by atoms with Gasteiger partial charge < -0.3 is 20.5 Å². The maximum Gasteiger partial charge on any atom is 0.341 e. The summed E-state index contributed by atoms with van der Waals surface area (Å²) in [5.74, 6) is -1.02. The van der Waals surface area contributed by atoms with Gasteiger partial charge in [0, 0.05) is 10.6 Å². The second-order valence-corrected chi connectivity index (χ2v) is 8.80. The summed E-state index contributed by atoms with van der Waals surface area (Å²) in [7, 11) is 0. The summed E-state index contributed by atoms with van der Waals surface area (Å²) in [5.41, 5.74) is 7.82. The van der Waals surface area contributed by atoms with Crippen LogP contribution in [0, 0.1) is 5.92 Å². The molecule has 1 aromatic heterocycles. The van der Waals surface area contributed by atoms with Crippen LogP contribution in [-0.2, 0) is 27.1 Å². The summed E-state index contributed by atoms with van der Waals surface area (Å²) in [4.78, 5) is 39.1. The Labute approximate surface area is 185 Å². The zero-order valence-corrected chi connectivity index (χ0v) is 18.8. The molecule has 166 valence electrons. The van der Waals surface area contributed by atoms with Crippen LogP contribution in [0.4, 0.5) is 10.7 Å². The summed E-state index contributed by atoms with van der Waals surface area (Å²) in [5, 5.41) is 3.28. The third-order valence-electron chi connectivity index (χ3n) is 5.26. The largest absolute Gasteiger partial charge is 0.462 e. The Morgan fingerprint density at radius 1 is 1.26 bits per heavy atom. The molecule has 0 aliphatic heterocycles. The summed E-state index contributed by atoms with van der Waals surface area (Å²) in [6.07, 6.45) is 1.92. The molecule has 1 heterocycles. The molecule has 1 aliphatic rings. The molecular formula is C23H28N2O5S. The van der Waals surface area contributed by atoms with E-state index in [-0.39, 0.29) is 18.6 Å². The average Bonchev–Trinajstić information content (AvgIpc) is 3.08. The number of nitrogen functional groups attached to an aromatic ring is 1. The molecule has 3 rings (SSSR count). The monoisotopic (exact) mass is 444 g/mol. The number of anilines is 2. The van der Waals surface area contributed by atoms with Crippen LogP contribution < -0.4 is 11.1 Å². The van der Waals surface area contributed by atoms with Crippen LogP contribution in [0.25, 0.3) is 0 Å². The lowest BCUT2D eigenvalue weighted by Crippen LogP contribution is -2.32. The summed E-state index contributed by atoms with van der Waals surface area (Å²) in [6, 6.07) is 6.39. The number of hydrogen-bond acceptors (Lipinski definition) is 7. The van der Waals surface area contributed by atoms with Crippen molar-refractivity contribution in [1.29, 1.82) is 0 Å². The molecule has 2 aromatic rings. The van der Waals surface area contributed by atoms with Gasteiger partial charge >= 0.3 is 11.9 Å². The molecule has 0 saturated heterocycles. The van der Waals surface area contributed by atoms with Crippen LogP contribution in [0.3, 0.4) is 0 Å². The first-order valence-electron chi connectivity index (χ1n) is 10.5. The van der Waals surface area contributed by atoms with Crippen molar-refractivity contribution in [2.75, 3.05) is 17.7 Å². The van der Waals surface area contributed by atoms with Gasteiger partial charge in [-0.25, -0.2) is 9.59 Å².